The fraction of sp³-hybridized carbons (Fsp3) is 0.179. The van der Waals surface area contributed by atoms with E-state index in [0.717, 1.165) is 128 Å². The number of aryl methyl sites for hydroxylation is 1. The van der Waals surface area contributed by atoms with Gasteiger partial charge in [0.2, 0.25) is 0 Å². The van der Waals surface area contributed by atoms with Crippen LogP contribution in [-0.4, -0.2) is 15.8 Å². The molecule has 0 spiro atoms. The van der Waals surface area contributed by atoms with Crippen molar-refractivity contribution in [3.8, 4) is 55.9 Å². The summed E-state index contributed by atoms with van der Waals surface area (Å²) in [6, 6.07) is 103. The number of anilines is 6. The largest absolute Gasteiger partial charge is 0.310 e. The SMILES string of the molecule is [2H]C([2H])([2H])c1cc2c3c(c1)N(c1c(-c4ccccc4)cc(C(C)(C)C)cc1-c1ccccc1)c1cc(-n4c5ccc(C(C)(C)C)cc5c5cc(C(C)(C)C)ccc54)ccc1B3c1ccc(-n3c4ccccc4c4ccccc43)cc1N2c1c(-c2ccccc2)cc(C(C)(C)C)cc1-c1ccccc1. The average Bonchev–Trinajstić information content (AvgIpc) is 1.16. The zero-order valence-corrected chi connectivity index (χ0v) is 59.4. The van der Waals surface area contributed by atoms with Crippen molar-refractivity contribution in [2.75, 3.05) is 9.80 Å². The zero-order chi connectivity index (χ0) is 71.4. The van der Waals surface area contributed by atoms with Crippen LogP contribution in [0, 0.1) is 6.85 Å². The van der Waals surface area contributed by atoms with Crippen LogP contribution in [0.1, 0.15) is 115 Å². The average molecular weight is 1300 g/mol. The minimum absolute atomic E-state index is 0.0932. The first kappa shape index (κ1) is 59.2. The highest BCUT2D eigenvalue weighted by atomic mass is 15.2. The molecule has 0 fully saturated rings. The van der Waals surface area contributed by atoms with Crippen LogP contribution in [0.2, 0.25) is 0 Å². The number of benzene rings is 13. The minimum Gasteiger partial charge on any atom is -0.310 e. The van der Waals surface area contributed by atoms with Gasteiger partial charge in [0.25, 0.3) is 6.71 Å². The predicted molar refractivity (Wildman–Crippen MR) is 430 cm³/mol. The molecular formula is C95H85BN4. The lowest BCUT2D eigenvalue weighted by atomic mass is 9.33. The first-order chi connectivity index (χ1) is 49.3. The van der Waals surface area contributed by atoms with Gasteiger partial charge in [0.05, 0.1) is 33.4 Å². The van der Waals surface area contributed by atoms with Gasteiger partial charge in [0, 0.05) is 82.0 Å². The molecule has 2 aliphatic heterocycles. The van der Waals surface area contributed by atoms with Crippen LogP contribution >= 0.6 is 0 Å². The van der Waals surface area contributed by atoms with Crippen molar-refractivity contribution in [1.29, 1.82) is 0 Å². The fourth-order valence-corrected chi connectivity index (χ4v) is 16.1. The number of nitrogens with zero attached hydrogens (tertiary/aromatic N) is 4. The molecule has 0 atom stereocenters. The maximum atomic E-state index is 9.92. The van der Waals surface area contributed by atoms with Crippen molar-refractivity contribution in [3.63, 3.8) is 0 Å². The lowest BCUT2D eigenvalue weighted by Crippen LogP contribution is -2.61. The summed E-state index contributed by atoms with van der Waals surface area (Å²) < 4.78 is 34.7. The molecule has 2 aliphatic rings. The van der Waals surface area contributed by atoms with Crippen molar-refractivity contribution in [2.45, 2.75) is 112 Å². The van der Waals surface area contributed by atoms with Gasteiger partial charge in [0.1, 0.15) is 0 Å². The molecule has 4 nitrogen and oxygen atoms in total. The molecule has 13 aromatic carbocycles. The molecule has 0 amide bonds. The topological polar surface area (TPSA) is 16.3 Å². The molecule has 0 N–H and O–H groups in total. The van der Waals surface area contributed by atoms with E-state index in [-0.39, 0.29) is 27.2 Å². The Balaban J connectivity index is 1.07. The molecule has 0 aliphatic carbocycles. The molecule has 0 unspecified atom stereocenters. The Morgan fingerprint density at radius 2 is 0.600 bits per heavy atom. The van der Waals surface area contributed by atoms with Crippen molar-refractivity contribution in [1.82, 2.24) is 9.13 Å². The van der Waals surface area contributed by atoms with Gasteiger partial charge in [-0.25, -0.2) is 0 Å². The maximum Gasteiger partial charge on any atom is 0.252 e. The molecule has 0 bridgehead atoms. The van der Waals surface area contributed by atoms with E-state index in [1.165, 1.54) is 43.8 Å². The molecule has 5 heteroatoms. The van der Waals surface area contributed by atoms with Gasteiger partial charge in [-0.15, -0.1) is 0 Å². The fourth-order valence-electron chi connectivity index (χ4n) is 16.1. The Hall–Kier alpha value is -10.9. The van der Waals surface area contributed by atoms with Crippen LogP contribution in [0.4, 0.5) is 34.1 Å². The Bertz CT molecular complexity index is 5650. The third-order valence-electron chi connectivity index (χ3n) is 21.4. The molecule has 0 saturated heterocycles. The van der Waals surface area contributed by atoms with Crippen molar-refractivity contribution >= 4 is 101 Å². The molecule has 100 heavy (non-hydrogen) atoms. The smallest absolute Gasteiger partial charge is 0.252 e. The zero-order valence-electron chi connectivity index (χ0n) is 62.4. The van der Waals surface area contributed by atoms with E-state index in [1.54, 1.807) is 0 Å². The molecule has 0 radical (unpaired) electrons. The number of fused-ring (bicyclic) bond motifs is 10. The van der Waals surface area contributed by atoms with E-state index in [2.05, 4.69) is 369 Å². The third-order valence-corrected chi connectivity index (χ3v) is 21.4. The molecule has 2 aromatic heterocycles. The van der Waals surface area contributed by atoms with Crippen LogP contribution in [-0.2, 0) is 21.7 Å². The van der Waals surface area contributed by atoms with Crippen molar-refractivity contribution < 1.29 is 4.11 Å². The van der Waals surface area contributed by atoms with Crippen LogP contribution in [0.5, 0.6) is 0 Å². The molecule has 17 rings (SSSR count). The van der Waals surface area contributed by atoms with Crippen molar-refractivity contribution in [2.24, 2.45) is 0 Å². The number of aromatic nitrogens is 2. The second kappa shape index (κ2) is 23.1. The van der Waals surface area contributed by atoms with Crippen LogP contribution in [0.3, 0.4) is 0 Å². The van der Waals surface area contributed by atoms with E-state index in [4.69, 9.17) is 0 Å². The van der Waals surface area contributed by atoms with Gasteiger partial charge in [-0.05, 0) is 192 Å². The van der Waals surface area contributed by atoms with Gasteiger partial charge in [-0.2, -0.15) is 0 Å². The summed E-state index contributed by atoms with van der Waals surface area (Å²) in [6.07, 6.45) is 0. The highest BCUT2D eigenvalue weighted by molar-refractivity contribution is 7.00. The summed E-state index contributed by atoms with van der Waals surface area (Å²) >= 11 is 0. The van der Waals surface area contributed by atoms with E-state index in [9.17, 15) is 4.11 Å². The quantitative estimate of drug-likeness (QED) is 0.141. The van der Waals surface area contributed by atoms with Crippen LogP contribution in [0.15, 0.2) is 279 Å². The summed E-state index contributed by atoms with van der Waals surface area (Å²) in [5, 5.41) is 4.75. The summed E-state index contributed by atoms with van der Waals surface area (Å²) in [4.78, 5) is 4.99. The Kier molecular flexibility index (Phi) is 13.7. The molecule has 488 valence electrons. The highest BCUT2D eigenvalue weighted by Gasteiger charge is 2.46. The summed E-state index contributed by atoms with van der Waals surface area (Å²) in [5.41, 5.74) is 27.9. The second-order valence-electron chi connectivity index (χ2n) is 32.0. The number of rotatable bonds is 8. The number of hydrogen-bond acceptors (Lipinski definition) is 2. The standard InChI is InChI=1S/C95H85BN4/c1-60-50-87-89-88(51-60)100(91-75(63-34-22-16-23-35-63)56-68(95(11,12)13)57-76(91)64-36-24-17-25-37-64)86-59-70(98-83-48-42-65(92(2,3)4)52-77(83)78-53-66(93(5,6)7)43-49-84(78)98)45-47-80(86)96(89)79-46-44-69(97-81-40-28-26-38-71(81)72-39-27-29-41-82(72)97)58-85(79)99(87)90-73(61-30-18-14-19-31-61)54-67(94(8,9)10)55-74(90)62-32-20-15-21-33-62/h14-59H,1-13H3/i1D3. The number of hydrogen-bond donors (Lipinski definition) is 0. The molecule has 0 saturated carbocycles. The molecule has 4 heterocycles. The van der Waals surface area contributed by atoms with Gasteiger partial charge < -0.3 is 18.9 Å². The third kappa shape index (κ3) is 10.2. The molecule has 15 aromatic rings. The van der Waals surface area contributed by atoms with E-state index >= 15 is 0 Å². The minimum atomic E-state index is -2.58. The van der Waals surface area contributed by atoms with E-state index in [0.29, 0.717) is 0 Å². The second-order valence-corrected chi connectivity index (χ2v) is 32.0. The lowest BCUT2D eigenvalue weighted by molar-refractivity contribution is 0.590. The predicted octanol–water partition coefficient (Wildman–Crippen LogP) is 24.1. The van der Waals surface area contributed by atoms with Gasteiger partial charge >= 0.3 is 0 Å². The normalized spacial score (nSPS) is 13.8. The van der Waals surface area contributed by atoms with Gasteiger partial charge in [-0.1, -0.05) is 265 Å². The first-order valence-electron chi connectivity index (χ1n) is 37.0. The number of para-hydroxylation sites is 2. The first-order valence-corrected chi connectivity index (χ1v) is 35.5. The summed E-state index contributed by atoms with van der Waals surface area (Å²) in [7, 11) is 0. The van der Waals surface area contributed by atoms with Crippen LogP contribution < -0.4 is 26.2 Å². The Morgan fingerprint density at radius 3 is 0.930 bits per heavy atom. The summed E-state index contributed by atoms with van der Waals surface area (Å²) in [6.45, 7) is 24.6. The lowest BCUT2D eigenvalue weighted by Gasteiger charge is -2.46. The van der Waals surface area contributed by atoms with Gasteiger partial charge in [0.15, 0.2) is 0 Å². The Morgan fingerprint density at radius 1 is 0.280 bits per heavy atom. The van der Waals surface area contributed by atoms with Crippen LogP contribution in [0.25, 0.3) is 99.5 Å². The summed E-state index contributed by atoms with van der Waals surface area (Å²) in [5.74, 6) is 0. The van der Waals surface area contributed by atoms with Gasteiger partial charge in [-0.3, -0.25) is 0 Å². The molecular weight excluding hydrogens is 1210 g/mol. The maximum absolute atomic E-state index is 9.92. The van der Waals surface area contributed by atoms with E-state index < -0.39 is 13.6 Å². The Labute approximate surface area is 594 Å². The monoisotopic (exact) mass is 1300 g/mol. The van der Waals surface area contributed by atoms with E-state index in [1.807, 2.05) is 12.1 Å². The highest BCUT2D eigenvalue weighted by Crippen LogP contribution is 2.55. The van der Waals surface area contributed by atoms with Crippen molar-refractivity contribution in [3.05, 3.63) is 307 Å².